The Balaban J connectivity index is 1.58. The first-order valence-electron chi connectivity index (χ1n) is 7.08. The smallest absolute Gasteiger partial charge is 0.0826 e. The summed E-state index contributed by atoms with van der Waals surface area (Å²) in [4.78, 5) is 1.29. The van der Waals surface area contributed by atoms with Crippen LogP contribution >= 0.6 is 11.8 Å². The Morgan fingerprint density at radius 1 is 1.20 bits per heavy atom. The maximum atomic E-state index is 10.5. The number of anilines is 1. The van der Waals surface area contributed by atoms with E-state index in [1.165, 1.54) is 16.2 Å². The first kappa shape index (κ1) is 12.3. The number of benzene rings is 1. The van der Waals surface area contributed by atoms with Gasteiger partial charge in [0.2, 0.25) is 0 Å². The number of hydrogen-bond acceptors (Lipinski definition) is 3. The number of fused-ring (bicyclic) bond motifs is 2. The van der Waals surface area contributed by atoms with Gasteiger partial charge in [-0.3, -0.25) is 0 Å². The lowest BCUT2D eigenvalue weighted by Crippen LogP contribution is -2.37. The summed E-state index contributed by atoms with van der Waals surface area (Å²) in [6.07, 6.45) is 11.2. The summed E-state index contributed by atoms with van der Waals surface area (Å²) in [5, 5.41) is 14.3. The van der Waals surface area contributed by atoms with Crippen molar-refractivity contribution in [2.45, 2.75) is 22.8 Å². The molecule has 2 N–H and O–H groups in total. The predicted octanol–water partition coefficient (Wildman–Crippen LogP) is 3.58. The molecule has 0 saturated carbocycles. The van der Waals surface area contributed by atoms with E-state index in [4.69, 9.17) is 0 Å². The molecule has 4 rings (SSSR count). The molecule has 0 spiro atoms. The number of aliphatic hydroxyl groups excluding tert-OH is 1. The molecule has 20 heavy (non-hydrogen) atoms. The van der Waals surface area contributed by atoms with Gasteiger partial charge >= 0.3 is 0 Å². The summed E-state index contributed by atoms with van der Waals surface area (Å²) >= 11 is 1.84. The highest BCUT2D eigenvalue weighted by atomic mass is 32.2. The number of allylic oxidation sites excluding steroid dienone is 5. The number of nitrogens with one attached hydrogen (secondary N) is 1. The zero-order valence-corrected chi connectivity index (χ0v) is 11.9. The van der Waals surface area contributed by atoms with E-state index in [1.54, 1.807) is 0 Å². The molecular weight excluding hydrogens is 266 g/mol. The molecule has 4 atom stereocenters. The number of para-hydroxylation sites is 1. The first-order valence-corrected chi connectivity index (χ1v) is 7.96. The van der Waals surface area contributed by atoms with Crippen LogP contribution in [0.2, 0.25) is 0 Å². The zero-order valence-electron chi connectivity index (χ0n) is 11.1. The lowest BCUT2D eigenvalue weighted by Gasteiger charge is -2.35. The summed E-state index contributed by atoms with van der Waals surface area (Å²) in [6, 6.07) is 8.38. The van der Waals surface area contributed by atoms with Crippen molar-refractivity contribution in [1.82, 2.24) is 0 Å². The van der Waals surface area contributed by atoms with Crippen LogP contribution in [0.25, 0.3) is 0 Å². The molecule has 2 nitrogen and oxygen atoms in total. The van der Waals surface area contributed by atoms with Crippen LogP contribution in [0.5, 0.6) is 0 Å². The van der Waals surface area contributed by atoms with Gasteiger partial charge in [0.15, 0.2) is 0 Å². The van der Waals surface area contributed by atoms with Crippen molar-refractivity contribution >= 4 is 17.4 Å². The summed E-state index contributed by atoms with van der Waals surface area (Å²) in [5.74, 6) is 0.705. The number of hydrogen-bond donors (Lipinski definition) is 2. The minimum absolute atomic E-state index is 0.248. The quantitative estimate of drug-likeness (QED) is 0.826. The molecule has 1 heterocycles. The molecule has 0 saturated heterocycles. The molecule has 1 aliphatic heterocycles. The lowest BCUT2D eigenvalue weighted by atomic mass is 9.77. The Labute approximate surface area is 123 Å². The second-order valence-electron chi connectivity index (χ2n) is 5.59. The van der Waals surface area contributed by atoms with E-state index in [0.717, 1.165) is 6.42 Å². The second kappa shape index (κ2) is 4.83. The highest BCUT2D eigenvalue weighted by molar-refractivity contribution is 8.00. The molecule has 1 aromatic rings. The van der Waals surface area contributed by atoms with Gasteiger partial charge in [-0.15, -0.1) is 0 Å². The average Bonchev–Trinajstić information content (AvgIpc) is 2.90. The highest BCUT2D eigenvalue weighted by Gasteiger charge is 2.37. The standard InChI is InChI=1S/C17H17NOS/c19-15-10-12-6-2-1-5-11(12)9-13(15)17-18-14-7-3-4-8-16(14)20-17/h1-8,10-11,13,15,17-19H,9H2. The van der Waals surface area contributed by atoms with Crippen LogP contribution in [-0.4, -0.2) is 16.6 Å². The summed E-state index contributed by atoms with van der Waals surface area (Å²) < 4.78 is 0. The molecule has 1 aromatic carbocycles. The van der Waals surface area contributed by atoms with E-state index in [1.807, 2.05) is 23.9 Å². The van der Waals surface area contributed by atoms with Crippen LogP contribution < -0.4 is 5.32 Å². The second-order valence-corrected chi connectivity index (χ2v) is 6.77. The fraction of sp³-hybridized carbons (Fsp3) is 0.294. The van der Waals surface area contributed by atoms with E-state index >= 15 is 0 Å². The summed E-state index contributed by atoms with van der Waals surface area (Å²) in [7, 11) is 0. The Bertz CT molecular complexity index is 594. The molecule has 0 fully saturated rings. The molecule has 0 amide bonds. The van der Waals surface area contributed by atoms with Gasteiger partial charge in [0.25, 0.3) is 0 Å². The van der Waals surface area contributed by atoms with Gasteiger partial charge in [-0.1, -0.05) is 54.3 Å². The maximum absolute atomic E-state index is 10.5. The third-order valence-electron chi connectivity index (χ3n) is 4.33. The number of thioether (sulfide) groups is 1. The molecule has 0 aromatic heterocycles. The number of rotatable bonds is 1. The fourth-order valence-corrected chi connectivity index (χ4v) is 4.57. The molecular formula is C17H17NOS. The highest BCUT2D eigenvalue weighted by Crippen LogP contribution is 2.45. The topological polar surface area (TPSA) is 32.3 Å². The normalized spacial score (nSPS) is 34.1. The van der Waals surface area contributed by atoms with Gasteiger partial charge < -0.3 is 10.4 Å². The van der Waals surface area contributed by atoms with E-state index < -0.39 is 0 Å². The largest absolute Gasteiger partial charge is 0.389 e. The van der Waals surface area contributed by atoms with E-state index in [0.29, 0.717) is 5.92 Å². The van der Waals surface area contributed by atoms with Crippen LogP contribution in [0.15, 0.2) is 65.1 Å². The van der Waals surface area contributed by atoms with Crippen LogP contribution in [0.4, 0.5) is 5.69 Å². The minimum Gasteiger partial charge on any atom is -0.389 e. The molecule has 0 bridgehead atoms. The van der Waals surface area contributed by atoms with Gasteiger partial charge in [-0.05, 0) is 24.1 Å². The van der Waals surface area contributed by atoms with Gasteiger partial charge in [0.05, 0.1) is 11.5 Å². The van der Waals surface area contributed by atoms with Crippen molar-refractivity contribution in [2.24, 2.45) is 11.8 Å². The summed E-state index contributed by atoms with van der Waals surface area (Å²) in [5.41, 5.74) is 2.46. The Morgan fingerprint density at radius 3 is 3.00 bits per heavy atom. The van der Waals surface area contributed by atoms with E-state index in [9.17, 15) is 5.11 Å². The van der Waals surface area contributed by atoms with Gasteiger partial charge in [0.1, 0.15) is 0 Å². The van der Waals surface area contributed by atoms with Crippen LogP contribution in [0.3, 0.4) is 0 Å². The molecule has 2 aliphatic carbocycles. The lowest BCUT2D eigenvalue weighted by molar-refractivity contribution is 0.133. The van der Waals surface area contributed by atoms with Crippen molar-refractivity contribution in [3.05, 3.63) is 60.2 Å². The molecule has 3 heteroatoms. The third kappa shape index (κ3) is 2.02. The van der Waals surface area contributed by atoms with Crippen molar-refractivity contribution in [3.8, 4) is 0 Å². The first-order chi connectivity index (χ1) is 9.81. The number of aliphatic hydroxyl groups is 1. The maximum Gasteiger partial charge on any atom is 0.0826 e. The molecule has 102 valence electrons. The third-order valence-corrected chi connectivity index (χ3v) is 5.66. The zero-order chi connectivity index (χ0) is 13.5. The SMILES string of the molecule is OC1C=C2C=CC=CC2CC1C1Nc2ccccc2S1. The van der Waals surface area contributed by atoms with Crippen molar-refractivity contribution in [3.63, 3.8) is 0 Å². The Kier molecular flexibility index (Phi) is 2.97. The Hall–Kier alpha value is -1.45. The van der Waals surface area contributed by atoms with Gasteiger partial charge in [-0.2, -0.15) is 0 Å². The molecule has 3 aliphatic rings. The van der Waals surface area contributed by atoms with Crippen LogP contribution in [-0.2, 0) is 0 Å². The van der Waals surface area contributed by atoms with E-state index in [-0.39, 0.29) is 17.4 Å². The molecule has 0 radical (unpaired) electrons. The Morgan fingerprint density at radius 2 is 2.10 bits per heavy atom. The van der Waals surface area contributed by atoms with Crippen molar-refractivity contribution < 1.29 is 5.11 Å². The van der Waals surface area contributed by atoms with Gasteiger partial charge in [-0.25, -0.2) is 0 Å². The fourth-order valence-electron chi connectivity index (χ4n) is 3.25. The molecule has 4 unspecified atom stereocenters. The van der Waals surface area contributed by atoms with Crippen LogP contribution in [0.1, 0.15) is 6.42 Å². The predicted molar refractivity (Wildman–Crippen MR) is 83.7 cm³/mol. The van der Waals surface area contributed by atoms with E-state index in [2.05, 4.69) is 47.8 Å². The van der Waals surface area contributed by atoms with Crippen LogP contribution in [0, 0.1) is 11.8 Å². The van der Waals surface area contributed by atoms with Crippen molar-refractivity contribution in [2.75, 3.05) is 5.32 Å². The van der Waals surface area contributed by atoms with Crippen molar-refractivity contribution in [1.29, 1.82) is 0 Å². The monoisotopic (exact) mass is 283 g/mol. The average molecular weight is 283 g/mol. The summed E-state index contributed by atoms with van der Waals surface area (Å²) in [6.45, 7) is 0. The minimum atomic E-state index is -0.364. The van der Waals surface area contributed by atoms with Gasteiger partial charge in [0, 0.05) is 22.4 Å².